The monoisotopic (exact) mass is 289 g/mol. The van der Waals surface area contributed by atoms with Crippen LogP contribution in [0.3, 0.4) is 0 Å². The second-order valence-electron chi connectivity index (χ2n) is 6.49. The van der Waals surface area contributed by atoms with Gasteiger partial charge in [0.15, 0.2) is 0 Å². The Hall–Kier alpha value is -0.243. The molecule has 0 bridgehead atoms. The number of likely N-dealkylation sites (tertiary alicyclic amines) is 1. The molecule has 0 saturated carbocycles. The Morgan fingerprint density at radius 3 is 2.26 bits per heavy atom. The van der Waals surface area contributed by atoms with E-state index in [-0.39, 0.29) is 13.2 Å². The van der Waals surface area contributed by atoms with Crippen LogP contribution in [0, 0.1) is 0 Å². The number of piperidine rings is 1. The number of β-amino-alcohol motifs (C(OH)–C–C–N with tert-alkyl or cyclic N) is 1. The van der Waals surface area contributed by atoms with E-state index in [1.807, 2.05) is 11.0 Å². The van der Waals surface area contributed by atoms with Gasteiger partial charge in [-0.05, 0) is 6.04 Å². The number of nitrogens with zero attached hydrogens (tertiary/aromatic N) is 1. The molecule has 1 fully saturated rings. The Balaban J connectivity index is 2.56. The summed E-state index contributed by atoms with van der Waals surface area (Å²) in [5, 5.41) is 38.4. The zero-order valence-electron chi connectivity index (χ0n) is 12.0. The smallest absolute Gasteiger partial charge is 0.109 e. The highest BCUT2D eigenvalue weighted by Gasteiger charge is 2.40. The first kappa shape index (κ1) is 16.8. The lowest BCUT2D eigenvalue weighted by molar-refractivity contribution is -0.142. The van der Waals surface area contributed by atoms with Gasteiger partial charge in [0.05, 0.1) is 18.8 Å². The van der Waals surface area contributed by atoms with E-state index >= 15 is 0 Å². The van der Waals surface area contributed by atoms with Gasteiger partial charge in [-0.1, -0.05) is 31.8 Å². The van der Waals surface area contributed by atoms with E-state index in [2.05, 4.69) is 25.7 Å². The fourth-order valence-corrected chi connectivity index (χ4v) is 3.11. The van der Waals surface area contributed by atoms with Crippen LogP contribution >= 0.6 is 0 Å². The van der Waals surface area contributed by atoms with Gasteiger partial charge in [0.1, 0.15) is 12.2 Å². The molecule has 1 heterocycles. The molecular formula is C13H27NO4Si. The highest BCUT2D eigenvalue weighted by molar-refractivity contribution is 6.76. The molecule has 0 aromatic rings. The van der Waals surface area contributed by atoms with Crippen LogP contribution < -0.4 is 0 Å². The van der Waals surface area contributed by atoms with Crippen LogP contribution in [0.15, 0.2) is 12.2 Å². The topological polar surface area (TPSA) is 84.2 Å². The first-order valence-corrected chi connectivity index (χ1v) is 10.5. The standard InChI is InChI=1S/C13H27NO4Si/c1-19(2,3)7-5-4-6-14-8-11(16)13(18)12(17)10(14)9-15/h4-5,10-13,15-18H,6-9H2,1-3H3/t10-,11+,12-,13-/m1/s1. The van der Waals surface area contributed by atoms with Crippen LogP contribution in [0.25, 0.3) is 0 Å². The van der Waals surface area contributed by atoms with E-state index in [0.717, 1.165) is 6.04 Å². The Morgan fingerprint density at radius 1 is 1.11 bits per heavy atom. The van der Waals surface area contributed by atoms with Gasteiger partial charge in [0.2, 0.25) is 0 Å². The maximum Gasteiger partial charge on any atom is 0.109 e. The van der Waals surface area contributed by atoms with Gasteiger partial charge in [0.25, 0.3) is 0 Å². The minimum atomic E-state index is -1.18. The first-order chi connectivity index (χ1) is 8.76. The third-order valence-electron chi connectivity index (χ3n) is 3.45. The molecule has 0 amide bonds. The minimum Gasteiger partial charge on any atom is -0.395 e. The molecule has 1 rings (SSSR count). The lowest BCUT2D eigenvalue weighted by Gasteiger charge is -2.42. The van der Waals surface area contributed by atoms with Crippen LogP contribution in [0.1, 0.15) is 0 Å². The van der Waals surface area contributed by atoms with E-state index < -0.39 is 32.4 Å². The first-order valence-electron chi connectivity index (χ1n) is 6.80. The number of hydrogen-bond donors (Lipinski definition) is 4. The highest BCUT2D eigenvalue weighted by atomic mass is 28.3. The second-order valence-corrected chi connectivity index (χ2v) is 12.0. The molecule has 1 aliphatic rings. The molecule has 0 aromatic carbocycles. The van der Waals surface area contributed by atoms with E-state index in [4.69, 9.17) is 0 Å². The molecule has 1 saturated heterocycles. The van der Waals surface area contributed by atoms with Crippen molar-refractivity contribution in [2.45, 2.75) is 50.0 Å². The molecule has 0 aliphatic carbocycles. The lowest BCUT2D eigenvalue weighted by atomic mass is 9.94. The van der Waals surface area contributed by atoms with Crippen LogP contribution in [-0.4, -0.2) is 77.5 Å². The number of rotatable bonds is 5. The van der Waals surface area contributed by atoms with Crippen molar-refractivity contribution in [2.24, 2.45) is 0 Å². The Kier molecular flexibility index (Phi) is 6.16. The van der Waals surface area contributed by atoms with Gasteiger partial charge in [-0.2, -0.15) is 0 Å². The number of aliphatic hydroxyl groups is 4. The molecule has 0 radical (unpaired) electrons. The fraction of sp³-hybridized carbons (Fsp3) is 0.846. The second kappa shape index (κ2) is 6.96. The number of hydrogen-bond acceptors (Lipinski definition) is 5. The van der Waals surface area contributed by atoms with Crippen LogP contribution in [0.2, 0.25) is 25.7 Å². The van der Waals surface area contributed by atoms with Gasteiger partial charge >= 0.3 is 0 Å². The van der Waals surface area contributed by atoms with E-state index in [1.165, 1.54) is 0 Å². The third-order valence-corrected chi connectivity index (χ3v) is 4.91. The third kappa shape index (κ3) is 4.98. The predicted octanol–water partition coefficient (Wildman–Crippen LogP) is -0.360. The number of allylic oxidation sites excluding steroid dienone is 1. The van der Waals surface area contributed by atoms with Gasteiger partial charge in [-0.15, -0.1) is 0 Å². The Bertz CT molecular complexity index is 306. The molecule has 4 N–H and O–H groups in total. The molecule has 0 aromatic heterocycles. The molecule has 1 aliphatic heterocycles. The maximum atomic E-state index is 9.84. The SMILES string of the molecule is C[Si](C)(C)CC=CCN1C[C@H](O)[C@@H](O)[C@H](O)[C@H]1CO. The van der Waals surface area contributed by atoms with Crippen molar-refractivity contribution >= 4 is 8.07 Å². The Labute approximate surface area is 116 Å². The van der Waals surface area contributed by atoms with Crippen molar-refractivity contribution in [3.05, 3.63) is 12.2 Å². The molecular weight excluding hydrogens is 262 g/mol. The summed E-state index contributed by atoms with van der Waals surface area (Å²) in [6.45, 7) is 7.47. The van der Waals surface area contributed by atoms with E-state index in [9.17, 15) is 20.4 Å². The zero-order valence-corrected chi connectivity index (χ0v) is 13.0. The van der Waals surface area contributed by atoms with Gasteiger partial charge in [-0.25, -0.2) is 0 Å². The summed E-state index contributed by atoms with van der Waals surface area (Å²) in [5.41, 5.74) is 0. The summed E-state index contributed by atoms with van der Waals surface area (Å²) in [6.07, 6.45) is 0.879. The van der Waals surface area contributed by atoms with Gasteiger partial charge < -0.3 is 20.4 Å². The molecule has 112 valence electrons. The van der Waals surface area contributed by atoms with Crippen molar-refractivity contribution < 1.29 is 20.4 Å². The summed E-state index contributed by atoms with van der Waals surface area (Å²) < 4.78 is 0. The zero-order chi connectivity index (χ0) is 14.6. The molecule has 19 heavy (non-hydrogen) atoms. The average molecular weight is 289 g/mol. The van der Waals surface area contributed by atoms with Crippen molar-refractivity contribution in [1.29, 1.82) is 0 Å². The predicted molar refractivity (Wildman–Crippen MR) is 77.8 cm³/mol. The molecule has 6 heteroatoms. The fourth-order valence-electron chi connectivity index (χ4n) is 2.24. The normalized spacial score (nSPS) is 34.1. The molecule has 4 atom stereocenters. The molecule has 0 spiro atoms. The molecule has 5 nitrogen and oxygen atoms in total. The summed E-state index contributed by atoms with van der Waals surface area (Å²) in [4.78, 5) is 1.81. The van der Waals surface area contributed by atoms with Crippen molar-refractivity contribution in [3.8, 4) is 0 Å². The summed E-state index contributed by atoms with van der Waals surface area (Å²) in [5.74, 6) is 0. The number of aliphatic hydroxyl groups excluding tert-OH is 4. The molecule has 0 unspecified atom stereocenters. The highest BCUT2D eigenvalue weighted by Crippen LogP contribution is 2.19. The quantitative estimate of drug-likeness (QED) is 0.410. The van der Waals surface area contributed by atoms with Crippen molar-refractivity contribution in [1.82, 2.24) is 4.90 Å². The largest absolute Gasteiger partial charge is 0.395 e. The van der Waals surface area contributed by atoms with Crippen LogP contribution in [-0.2, 0) is 0 Å². The lowest BCUT2D eigenvalue weighted by Crippen LogP contribution is -2.62. The summed E-state index contributed by atoms with van der Waals surface area (Å²) in [7, 11) is -1.10. The summed E-state index contributed by atoms with van der Waals surface area (Å²) in [6, 6.07) is 0.563. The van der Waals surface area contributed by atoms with Crippen molar-refractivity contribution in [3.63, 3.8) is 0 Å². The van der Waals surface area contributed by atoms with Crippen LogP contribution in [0.5, 0.6) is 0 Å². The van der Waals surface area contributed by atoms with Crippen LogP contribution in [0.4, 0.5) is 0 Å². The van der Waals surface area contributed by atoms with E-state index in [1.54, 1.807) is 0 Å². The van der Waals surface area contributed by atoms with Gasteiger partial charge in [0, 0.05) is 21.2 Å². The maximum absolute atomic E-state index is 9.84. The van der Waals surface area contributed by atoms with E-state index in [0.29, 0.717) is 6.54 Å². The van der Waals surface area contributed by atoms with Gasteiger partial charge in [-0.3, -0.25) is 4.90 Å². The summed E-state index contributed by atoms with van der Waals surface area (Å²) >= 11 is 0. The Morgan fingerprint density at radius 2 is 1.74 bits per heavy atom. The average Bonchev–Trinajstić information content (AvgIpc) is 2.31. The van der Waals surface area contributed by atoms with Crippen molar-refractivity contribution in [2.75, 3.05) is 19.7 Å². The minimum absolute atomic E-state index is 0.229.